The van der Waals surface area contributed by atoms with E-state index in [-0.39, 0.29) is 6.54 Å². The number of nitrogens with one attached hydrogen (secondary N) is 1. The number of aliphatic hydroxyl groups excluding tert-OH is 1. The molecule has 0 aromatic rings. The Morgan fingerprint density at radius 2 is 1.88 bits per heavy atom. The molecular formula is C10H20N2O4. The summed E-state index contributed by atoms with van der Waals surface area (Å²) in [7, 11) is 3.05. The van der Waals surface area contributed by atoms with Gasteiger partial charge in [0.25, 0.3) is 5.91 Å². The zero-order chi connectivity index (χ0) is 12.9. The van der Waals surface area contributed by atoms with Crippen molar-refractivity contribution in [3.05, 3.63) is 0 Å². The number of carbonyl (C=O) groups is 2. The summed E-state index contributed by atoms with van der Waals surface area (Å²) >= 11 is 0. The van der Waals surface area contributed by atoms with Crippen molar-refractivity contribution in [3.63, 3.8) is 0 Å². The molecule has 2 amide bonds. The number of nitrogens with zero attached hydrogens (tertiary/aromatic N) is 1. The van der Waals surface area contributed by atoms with Crippen LogP contribution in [0.3, 0.4) is 0 Å². The van der Waals surface area contributed by atoms with Gasteiger partial charge >= 0.3 is 6.09 Å². The van der Waals surface area contributed by atoms with Crippen molar-refractivity contribution in [1.29, 1.82) is 0 Å². The summed E-state index contributed by atoms with van der Waals surface area (Å²) in [6.07, 6.45) is -1.90. The summed E-state index contributed by atoms with van der Waals surface area (Å²) in [6, 6.07) is 0. The van der Waals surface area contributed by atoms with Crippen molar-refractivity contribution in [2.75, 3.05) is 20.6 Å². The van der Waals surface area contributed by atoms with Gasteiger partial charge in [0.05, 0.1) is 6.54 Å². The summed E-state index contributed by atoms with van der Waals surface area (Å²) < 4.78 is 4.94. The van der Waals surface area contributed by atoms with Crippen molar-refractivity contribution in [1.82, 2.24) is 10.2 Å². The first-order valence-electron chi connectivity index (χ1n) is 4.99. The predicted molar refractivity (Wildman–Crippen MR) is 58.9 cm³/mol. The number of amides is 2. The van der Waals surface area contributed by atoms with Crippen LogP contribution in [0, 0.1) is 0 Å². The topological polar surface area (TPSA) is 78.9 Å². The summed E-state index contributed by atoms with van der Waals surface area (Å²) in [6.45, 7) is 5.03. The molecule has 0 aliphatic heterocycles. The Hall–Kier alpha value is -1.30. The minimum Gasteiger partial charge on any atom is -0.444 e. The van der Waals surface area contributed by atoms with Gasteiger partial charge in [-0.1, -0.05) is 0 Å². The summed E-state index contributed by atoms with van der Waals surface area (Å²) in [4.78, 5) is 23.7. The molecular weight excluding hydrogens is 212 g/mol. The molecule has 0 radical (unpaired) electrons. The van der Waals surface area contributed by atoms with E-state index in [0.29, 0.717) is 0 Å². The number of ether oxygens (including phenoxy) is 1. The van der Waals surface area contributed by atoms with E-state index in [1.165, 1.54) is 19.0 Å². The third-order valence-corrected chi connectivity index (χ3v) is 1.56. The van der Waals surface area contributed by atoms with Crippen LogP contribution in [0.25, 0.3) is 0 Å². The Balaban J connectivity index is 3.98. The van der Waals surface area contributed by atoms with Gasteiger partial charge in [-0.25, -0.2) is 4.79 Å². The molecule has 0 bridgehead atoms. The highest BCUT2D eigenvalue weighted by atomic mass is 16.6. The zero-order valence-corrected chi connectivity index (χ0v) is 10.4. The molecule has 0 aromatic carbocycles. The summed E-state index contributed by atoms with van der Waals surface area (Å²) in [5.74, 6) is -0.462. The number of aliphatic hydroxyl groups is 1. The molecule has 16 heavy (non-hydrogen) atoms. The molecule has 6 heteroatoms. The summed E-state index contributed by atoms with van der Waals surface area (Å²) in [5.41, 5.74) is -0.597. The van der Waals surface area contributed by atoms with Crippen LogP contribution in [0.15, 0.2) is 0 Å². The number of hydrogen-bond donors (Lipinski definition) is 2. The number of rotatable bonds is 3. The molecule has 0 aliphatic rings. The maximum Gasteiger partial charge on any atom is 0.407 e. The molecule has 0 aromatic heterocycles. The van der Waals surface area contributed by atoms with Crippen LogP contribution in [-0.2, 0) is 9.53 Å². The van der Waals surface area contributed by atoms with Gasteiger partial charge in [0.2, 0.25) is 0 Å². The predicted octanol–water partition coefficient (Wildman–Crippen LogP) is -0.0398. The van der Waals surface area contributed by atoms with E-state index in [2.05, 4.69) is 5.32 Å². The van der Waals surface area contributed by atoms with Crippen LogP contribution < -0.4 is 5.32 Å². The first-order valence-corrected chi connectivity index (χ1v) is 4.99. The highest BCUT2D eigenvalue weighted by molar-refractivity contribution is 5.81. The van der Waals surface area contributed by atoms with Crippen LogP contribution in [-0.4, -0.2) is 54.4 Å². The van der Waals surface area contributed by atoms with Gasteiger partial charge in [-0.05, 0) is 20.8 Å². The molecule has 0 fully saturated rings. The van der Waals surface area contributed by atoms with Crippen molar-refractivity contribution in [3.8, 4) is 0 Å². The zero-order valence-electron chi connectivity index (χ0n) is 10.4. The maximum absolute atomic E-state index is 11.2. The average Bonchev–Trinajstić information content (AvgIpc) is 2.09. The fraction of sp³-hybridized carbons (Fsp3) is 0.800. The molecule has 0 saturated heterocycles. The van der Waals surface area contributed by atoms with Crippen LogP contribution in [0.2, 0.25) is 0 Å². The molecule has 1 atom stereocenters. The minimum atomic E-state index is -1.25. The second-order valence-electron chi connectivity index (χ2n) is 4.63. The molecule has 6 nitrogen and oxygen atoms in total. The Labute approximate surface area is 95.6 Å². The van der Waals surface area contributed by atoms with Crippen molar-refractivity contribution in [2.45, 2.75) is 32.5 Å². The SMILES string of the molecule is CN(C)C(=O)C(O)CNC(=O)OC(C)(C)C. The number of likely N-dealkylation sites (N-methyl/N-ethyl adjacent to an activating group) is 1. The molecule has 0 spiro atoms. The van der Waals surface area contributed by atoms with Gasteiger partial charge in [-0.2, -0.15) is 0 Å². The van der Waals surface area contributed by atoms with Crippen molar-refractivity contribution < 1.29 is 19.4 Å². The average molecular weight is 232 g/mol. The maximum atomic E-state index is 11.2. The van der Waals surface area contributed by atoms with Gasteiger partial charge in [0, 0.05) is 14.1 Å². The molecule has 1 unspecified atom stereocenters. The van der Waals surface area contributed by atoms with E-state index in [4.69, 9.17) is 4.74 Å². The minimum absolute atomic E-state index is 0.161. The quantitative estimate of drug-likeness (QED) is 0.715. The first kappa shape index (κ1) is 14.7. The standard InChI is InChI=1S/C10H20N2O4/c1-10(2,3)16-9(15)11-6-7(13)8(14)12(4)5/h7,13H,6H2,1-5H3,(H,11,15). The fourth-order valence-corrected chi connectivity index (χ4v) is 0.880. The molecule has 0 rings (SSSR count). The lowest BCUT2D eigenvalue weighted by molar-refractivity contribution is -0.137. The van der Waals surface area contributed by atoms with Crippen LogP contribution in [0.4, 0.5) is 4.79 Å². The van der Waals surface area contributed by atoms with E-state index >= 15 is 0 Å². The Morgan fingerprint density at radius 1 is 1.38 bits per heavy atom. The first-order chi connectivity index (χ1) is 7.13. The number of hydrogen-bond acceptors (Lipinski definition) is 4. The largest absolute Gasteiger partial charge is 0.444 e. The molecule has 0 saturated carbocycles. The van der Waals surface area contributed by atoms with E-state index in [1.54, 1.807) is 20.8 Å². The van der Waals surface area contributed by atoms with Gasteiger partial charge < -0.3 is 20.1 Å². The van der Waals surface area contributed by atoms with Crippen LogP contribution in [0.1, 0.15) is 20.8 Å². The highest BCUT2D eigenvalue weighted by Crippen LogP contribution is 2.06. The Kier molecular flexibility index (Phi) is 5.23. The smallest absolute Gasteiger partial charge is 0.407 e. The Bertz CT molecular complexity index is 258. The molecule has 0 aliphatic carbocycles. The Morgan fingerprint density at radius 3 is 2.25 bits per heavy atom. The third-order valence-electron chi connectivity index (χ3n) is 1.56. The molecule has 0 heterocycles. The number of carbonyl (C=O) groups excluding carboxylic acids is 2. The van der Waals surface area contributed by atoms with Crippen LogP contribution >= 0.6 is 0 Å². The summed E-state index contributed by atoms with van der Waals surface area (Å²) in [5, 5.41) is 11.7. The number of alkyl carbamates (subject to hydrolysis) is 1. The second-order valence-corrected chi connectivity index (χ2v) is 4.63. The fourth-order valence-electron chi connectivity index (χ4n) is 0.880. The van der Waals surface area contributed by atoms with E-state index in [9.17, 15) is 14.7 Å². The lowest BCUT2D eigenvalue weighted by Gasteiger charge is -2.21. The van der Waals surface area contributed by atoms with Crippen molar-refractivity contribution >= 4 is 12.0 Å². The van der Waals surface area contributed by atoms with Gasteiger partial charge in [0.1, 0.15) is 11.7 Å². The highest BCUT2D eigenvalue weighted by Gasteiger charge is 2.20. The lowest BCUT2D eigenvalue weighted by Crippen LogP contribution is -2.43. The van der Waals surface area contributed by atoms with Gasteiger partial charge in [-0.15, -0.1) is 0 Å². The van der Waals surface area contributed by atoms with Crippen LogP contribution in [0.5, 0.6) is 0 Å². The second kappa shape index (κ2) is 5.69. The lowest BCUT2D eigenvalue weighted by atomic mass is 10.2. The van der Waals surface area contributed by atoms with Crippen molar-refractivity contribution in [2.24, 2.45) is 0 Å². The normalized spacial score (nSPS) is 12.9. The van der Waals surface area contributed by atoms with E-state index < -0.39 is 23.7 Å². The third kappa shape index (κ3) is 6.23. The molecule has 2 N–H and O–H groups in total. The van der Waals surface area contributed by atoms with Gasteiger partial charge in [-0.3, -0.25) is 4.79 Å². The van der Waals surface area contributed by atoms with E-state index in [1.807, 2.05) is 0 Å². The molecule has 94 valence electrons. The monoisotopic (exact) mass is 232 g/mol. The van der Waals surface area contributed by atoms with E-state index in [0.717, 1.165) is 0 Å². The van der Waals surface area contributed by atoms with Gasteiger partial charge in [0.15, 0.2) is 0 Å².